The molecule has 1 atom stereocenters. The number of hydrogen-bond donors (Lipinski definition) is 1. The second-order valence-corrected chi connectivity index (χ2v) is 2.56. The maximum Gasteiger partial charge on any atom is 0.236 e. The molecule has 4 heteroatoms. The van der Waals surface area contributed by atoms with Gasteiger partial charge in [-0.15, -0.1) is 12.4 Å². The summed E-state index contributed by atoms with van der Waals surface area (Å²) in [4.78, 5) is 12.6. The molecule has 1 amide bonds. The van der Waals surface area contributed by atoms with Gasteiger partial charge in [-0.25, -0.2) is 0 Å². The lowest BCUT2D eigenvalue weighted by Crippen LogP contribution is -2.51. The fourth-order valence-corrected chi connectivity index (χ4v) is 0.974. The fourth-order valence-electron chi connectivity index (χ4n) is 0.974. The van der Waals surface area contributed by atoms with Crippen molar-refractivity contribution in [2.45, 2.75) is 13.0 Å². The van der Waals surface area contributed by atoms with Crippen molar-refractivity contribution in [1.82, 2.24) is 10.2 Å². The van der Waals surface area contributed by atoms with Gasteiger partial charge in [-0.2, -0.15) is 0 Å². The normalized spacial score (nSPS) is 26.0. The highest BCUT2D eigenvalue weighted by Gasteiger charge is 2.17. The van der Waals surface area contributed by atoms with Crippen molar-refractivity contribution in [3.05, 3.63) is 0 Å². The van der Waals surface area contributed by atoms with Gasteiger partial charge in [0.05, 0.1) is 6.54 Å². The number of rotatable bonds is 0. The number of halogens is 1. The molecule has 1 saturated heterocycles. The van der Waals surface area contributed by atoms with E-state index in [9.17, 15) is 4.79 Å². The Morgan fingerprint density at radius 2 is 2.30 bits per heavy atom. The molecule has 1 aliphatic heterocycles. The molecule has 0 radical (unpaired) electrons. The van der Waals surface area contributed by atoms with Crippen LogP contribution in [0.2, 0.25) is 0 Å². The van der Waals surface area contributed by atoms with Crippen LogP contribution in [0.15, 0.2) is 0 Å². The van der Waals surface area contributed by atoms with E-state index in [4.69, 9.17) is 0 Å². The average Bonchev–Trinajstić information content (AvgIpc) is 1.80. The number of hydrogen-bond acceptors (Lipinski definition) is 2. The van der Waals surface area contributed by atoms with Gasteiger partial charge in [0.15, 0.2) is 0 Å². The Balaban J connectivity index is 0.000000810. The molecule has 0 aromatic heterocycles. The summed E-state index contributed by atoms with van der Waals surface area (Å²) in [7, 11) is 1.83. The number of nitrogens with zero attached hydrogens (tertiary/aromatic N) is 1. The number of amides is 1. The minimum atomic E-state index is 0. The van der Waals surface area contributed by atoms with Gasteiger partial charge in [-0.1, -0.05) is 0 Å². The molecule has 1 aliphatic rings. The minimum absolute atomic E-state index is 0. The fraction of sp³-hybridized carbons (Fsp3) is 0.833. The van der Waals surface area contributed by atoms with Crippen molar-refractivity contribution in [3.63, 3.8) is 0 Å². The van der Waals surface area contributed by atoms with Crippen LogP contribution in [-0.4, -0.2) is 37.0 Å². The van der Waals surface area contributed by atoms with Gasteiger partial charge >= 0.3 is 0 Å². The van der Waals surface area contributed by atoms with E-state index in [1.807, 2.05) is 7.05 Å². The predicted molar refractivity (Wildman–Crippen MR) is 42.3 cm³/mol. The summed E-state index contributed by atoms with van der Waals surface area (Å²) < 4.78 is 0. The molecular weight excluding hydrogens is 152 g/mol. The molecule has 0 aromatic carbocycles. The molecule has 10 heavy (non-hydrogen) atoms. The largest absolute Gasteiger partial charge is 0.343 e. The van der Waals surface area contributed by atoms with Gasteiger partial charge in [-0.05, 0) is 6.92 Å². The second kappa shape index (κ2) is 3.78. The Labute approximate surface area is 67.2 Å². The zero-order valence-corrected chi connectivity index (χ0v) is 7.07. The summed E-state index contributed by atoms with van der Waals surface area (Å²) in [5.74, 6) is 0.188. The number of piperazine rings is 1. The highest BCUT2D eigenvalue weighted by atomic mass is 35.5. The Kier molecular flexibility index (Phi) is 3.68. The third kappa shape index (κ3) is 2.15. The maximum absolute atomic E-state index is 10.8. The quantitative estimate of drug-likeness (QED) is 0.541. The number of carbonyl (C=O) groups is 1. The van der Waals surface area contributed by atoms with E-state index >= 15 is 0 Å². The zero-order valence-electron chi connectivity index (χ0n) is 6.26. The van der Waals surface area contributed by atoms with Crippen molar-refractivity contribution in [3.8, 4) is 0 Å². The first-order chi connectivity index (χ1) is 4.20. The number of carbonyl (C=O) groups excluding carboxylic acids is 1. The van der Waals surface area contributed by atoms with Crippen LogP contribution in [0.3, 0.4) is 0 Å². The molecule has 0 aliphatic carbocycles. The van der Waals surface area contributed by atoms with Crippen molar-refractivity contribution in [1.29, 1.82) is 0 Å². The highest BCUT2D eigenvalue weighted by molar-refractivity contribution is 5.85. The Morgan fingerprint density at radius 3 is 2.70 bits per heavy atom. The van der Waals surface area contributed by atoms with Crippen molar-refractivity contribution >= 4 is 18.3 Å². The van der Waals surface area contributed by atoms with Crippen LogP contribution in [0.25, 0.3) is 0 Å². The first kappa shape index (κ1) is 9.72. The predicted octanol–water partition coefficient (Wildman–Crippen LogP) is -0.142. The lowest BCUT2D eigenvalue weighted by atomic mass is 10.2. The van der Waals surface area contributed by atoms with E-state index in [1.165, 1.54) is 0 Å². The van der Waals surface area contributed by atoms with E-state index in [0.717, 1.165) is 6.54 Å². The van der Waals surface area contributed by atoms with Crippen LogP contribution in [0.1, 0.15) is 6.92 Å². The standard InChI is InChI=1S/C6H12N2O.ClH/c1-5-4-8(2)6(9)3-7-5;/h5,7H,3-4H2,1-2H3;1H/t5-;/m0./s1. The first-order valence-corrected chi connectivity index (χ1v) is 3.17. The molecule has 1 rings (SSSR count). The van der Waals surface area contributed by atoms with Gasteiger partial charge in [-0.3, -0.25) is 4.79 Å². The molecule has 1 fully saturated rings. The smallest absolute Gasteiger partial charge is 0.236 e. The topological polar surface area (TPSA) is 32.3 Å². The summed E-state index contributed by atoms with van der Waals surface area (Å²) in [6, 6.07) is 0.452. The lowest BCUT2D eigenvalue weighted by Gasteiger charge is -2.28. The molecule has 0 bridgehead atoms. The van der Waals surface area contributed by atoms with Crippen LogP contribution in [0, 0.1) is 0 Å². The van der Waals surface area contributed by atoms with Gasteiger partial charge < -0.3 is 10.2 Å². The molecule has 60 valence electrons. The van der Waals surface area contributed by atoms with Gasteiger partial charge in [0.25, 0.3) is 0 Å². The van der Waals surface area contributed by atoms with Crippen molar-refractivity contribution in [2.24, 2.45) is 0 Å². The molecule has 0 aromatic rings. The van der Waals surface area contributed by atoms with Crippen LogP contribution in [0.4, 0.5) is 0 Å². The van der Waals surface area contributed by atoms with E-state index < -0.39 is 0 Å². The maximum atomic E-state index is 10.8. The Morgan fingerprint density at radius 1 is 1.70 bits per heavy atom. The van der Waals surface area contributed by atoms with Crippen LogP contribution in [-0.2, 0) is 4.79 Å². The SMILES string of the molecule is C[C@H]1CN(C)C(=O)CN1.Cl. The second-order valence-electron chi connectivity index (χ2n) is 2.56. The first-order valence-electron chi connectivity index (χ1n) is 3.17. The lowest BCUT2D eigenvalue weighted by molar-refractivity contribution is -0.131. The molecule has 1 N–H and O–H groups in total. The summed E-state index contributed by atoms with van der Waals surface area (Å²) in [6.45, 7) is 3.40. The van der Waals surface area contributed by atoms with E-state index in [0.29, 0.717) is 12.6 Å². The van der Waals surface area contributed by atoms with E-state index in [-0.39, 0.29) is 18.3 Å². The van der Waals surface area contributed by atoms with Gasteiger partial charge in [0.2, 0.25) is 5.91 Å². The van der Waals surface area contributed by atoms with Crippen LogP contribution < -0.4 is 5.32 Å². The summed E-state index contributed by atoms with van der Waals surface area (Å²) in [5.41, 5.74) is 0. The summed E-state index contributed by atoms with van der Waals surface area (Å²) in [5, 5.41) is 3.07. The van der Waals surface area contributed by atoms with Crippen molar-refractivity contribution < 1.29 is 4.79 Å². The monoisotopic (exact) mass is 164 g/mol. The average molecular weight is 165 g/mol. The summed E-state index contributed by atoms with van der Waals surface area (Å²) in [6.07, 6.45) is 0. The highest BCUT2D eigenvalue weighted by Crippen LogP contribution is 1.94. The summed E-state index contributed by atoms with van der Waals surface area (Å²) >= 11 is 0. The number of nitrogens with one attached hydrogen (secondary N) is 1. The molecule has 0 unspecified atom stereocenters. The molecular formula is C6H13ClN2O. The van der Waals surface area contributed by atoms with Gasteiger partial charge in [0, 0.05) is 19.6 Å². The molecule has 1 heterocycles. The third-order valence-corrected chi connectivity index (χ3v) is 1.58. The molecule has 3 nitrogen and oxygen atoms in total. The Hall–Kier alpha value is -0.280. The van der Waals surface area contributed by atoms with Gasteiger partial charge in [0.1, 0.15) is 0 Å². The van der Waals surface area contributed by atoms with Crippen LogP contribution >= 0.6 is 12.4 Å². The zero-order chi connectivity index (χ0) is 6.85. The van der Waals surface area contributed by atoms with E-state index in [1.54, 1.807) is 4.90 Å². The van der Waals surface area contributed by atoms with Crippen LogP contribution in [0.5, 0.6) is 0 Å². The number of likely N-dealkylation sites (N-methyl/N-ethyl adjacent to an activating group) is 1. The molecule has 0 spiro atoms. The minimum Gasteiger partial charge on any atom is -0.343 e. The third-order valence-electron chi connectivity index (χ3n) is 1.58. The van der Waals surface area contributed by atoms with Crippen molar-refractivity contribution in [2.75, 3.05) is 20.1 Å². The van der Waals surface area contributed by atoms with E-state index in [2.05, 4.69) is 12.2 Å². The molecule has 0 saturated carbocycles. The Bertz CT molecular complexity index is 129.